The Morgan fingerprint density at radius 1 is 1.32 bits per heavy atom. The molecule has 3 rings (SSSR count). The zero-order valence-corrected chi connectivity index (χ0v) is 18.8. The van der Waals surface area contributed by atoms with Gasteiger partial charge in [-0.05, 0) is 43.4 Å². The number of carbonyl (C=O) groups excluding carboxylic acids is 2. The molecule has 0 bridgehead atoms. The molecular formula is C22H25ClN2O5S. The number of halogens is 1. The minimum absolute atomic E-state index is 0.110. The van der Waals surface area contributed by atoms with Crippen LogP contribution >= 0.6 is 22.9 Å². The fraction of sp³-hybridized carbons (Fsp3) is 0.409. The highest BCUT2D eigenvalue weighted by Gasteiger charge is 2.22. The van der Waals surface area contributed by atoms with E-state index in [1.807, 2.05) is 18.2 Å². The van der Waals surface area contributed by atoms with Crippen molar-refractivity contribution < 1.29 is 23.8 Å². The molecule has 0 aliphatic heterocycles. The Balaban J connectivity index is 1.40. The predicted octanol–water partition coefficient (Wildman–Crippen LogP) is 4.85. The highest BCUT2D eigenvalue weighted by molar-refractivity contribution is 7.14. The summed E-state index contributed by atoms with van der Waals surface area (Å²) in [4.78, 5) is 27.9. The number of nitrogens with zero attached hydrogens (tertiary/aromatic N) is 1. The van der Waals surface area contributed by atoms with Gasteiger partial charge in [-0.25, -0.2) is 4.98 Å². The molecule has 0 spiro atoms. The van der Waals surface area contributed by atoms with E-state index in [4.69, 9.17) is 21.1 Å². The average molecular weight is 465 g/mol. The first-order valence-electron chi connectivity index (χ1n) is 10.1. The number of carbonyl (C=O) groups is 2. The van der Waals surface area contributed by atoms with Gasteiger partial charge in [0.1, 0.15) is 11.5 Å². The predicted molar refractivity (Wildman–Crippen MR) is 120 cm³/mol. The van der Waals surface area contributed by atoms with Crippen molar-refractivity contribution in [2.24, 2.45) is 5.92 Å². The summed E-state index contributed by atoms with van der Waals surface area (Å²) in [6.07, 6.45) is 8.84. The second-order valence-electron chi connectivity index (χ2n) is 7.11. The number of rotatable bonds is 12. The zero-order valence-electron chi connectivity index (χ0n) is 17.3. The Labute approximate surface area is 190 Å². The van der Waals surface area contributed by atoms with Crippen molar-refractivity contribution in [2.75, 3.05) is 20.3 Å². The van der Waals surface area contributed by atoms with Crippen LogP contribution in [0.2, 0.25) is 5.02 Å². The standard InChI is InChI=1S/C22H25ClN2O5S/c1-28-21(27)6-2-5-20(26)24-11-3-4-17-13-25-22(31-17)30-19-10-9-16(12-18(19)23)29-14-15-7-8-15/h3-4,9-10,12-13,15H,2,5-8,11,14H2,1H3,(H,24,26)/b4-3+. The lowest BCUT2D eigenvalue weighted by Crippen LogP contribution is -2.23. The monoisotopic (exact) mass is 464 g/mol. The van der Waals surface area contributed by atoms with Crippen LogP contribution in [0.3, 0.4) is 0 Å². The number of nitrogens with one attached hydrogen (secondary N) is 1. The van der Waals surface area contributed by atoms with Crippen molar-refractivity contribution in [1.29, 1.82) is 0 Å². The molecule has 2 aromatic rings. The number of benzene rings is 1. The van der Waals surface area contributed by atoms with Gasteiger partial charge in [0.2, 0.25) is 5.91 Å². The van der Waals surface area contributed by atoms with Crippen molar-refractivity contribution in [1.82, 2.24) is 10.3 Å². The van der Waals surface area contributed by atoms with Crippen molar-refractivity contribution >= 4 is 40.9 Å². The van der Waals surface area contributed by atoms with E-state index in [1.54, 1.807) is 18.3 Å². The van der Waals surface area contributed by atoms with Gasteiger partial charge in [-0.3, -0.25) is 9.59 Å². The maximum Gasteiger partial charge on any atom is 0.305 e. The first-order chi connectivity index (χ1) is 15.0. The molecule has 166 valence electrons. The Hall–Kier alpha value is -2.58. The summed E-state index contributed by atoms with van der Waals surface area (Å²) in [5.74, 6) is 1.51. The lowest BCUT2D eigenvalue weighted by atomic mass is 10.2. The number of esters is 1. The van der Waals surface area contributed by atoms with Crippen molar-refractivity contribution in [3.8, 4) is 16.7 Å². The van der Waals surface area contributed by atoms with Gasteiger partial charge in [0.15, 0.2) is 0 Å². The van der Waals surface area contributed by atoms with Crippen molar-refractivity contribution in [3.63, 3.8) is 0 Å². The molecule has 1 aliphatic carbocycles. The summed E-state index contributed by atoms with van der Waals surface area (Å²) in [5, 5.41) is 3.71. The Morgan fingerprint density at radius 3 is 2.90 bits per heavy atom. The third-order valence-corrected chi connectivity index (χ3v) is 5.63. The lowest BCUT2D eigenvalue weighted by Gasteiger charge is -2.08. The molecule has 1 saturated carbocycles. The molecule has 7 nitrogen and oxygen atoms in total. The summed E-state index contributed by atoms with van der Waals surface area (Å²) in [6, 6.07) is 5.37. The quantitative estimate of drug-likeness (QED) is 0.452. The van der Waals surface area contributed by atoms with E-state index in [0.29, 0.717) is 34.8 Å². The molecule has 0 atom stereocenters. The normalized spacial score (nSPS) is 13.2. The van der Waals surface area contributed by atoms with Gasteiger partial charge in [0, 0.05) is 31.6 Å². The first kappa shape index (κ1) is 23.1. The smallest absolute Gasteiger partial charge is 0.305 e. The second kappa shape index (κ2) is 11.7. The summed E-state index contributed by atoms with van der Waals surface area (Å²) in [7, 11) is 1.33. The first-order valence-corrected chi connectivity index (χ1v) is 11.3. The minimum Gasteiger partial charge on any atom is -0.493 e. The van der Waals surface area contributed by atoms with Crippen LogP contribution in [0, 0.1) is 5.92 Å². The van der Waals surface area contributed by atoms with Crippen LogP contribution in [-0.2, 0) is 14.3 Å². The van der Waals surface area contributed by atoms with Gasteiger partial charge >= 0.3 is 5.97 Å². The van der Waals surface area contributed by atoms with E-state index in [9.17, 15) is 9.59 Å². The van der Waals surface area contributed by atoms with Crippen LogP contribution in [0.1, 0.15) is 37.0 Å². The van der Waals surface area contributed by atoms with Gasteiger partial charge in [-0.15, -0.1) is 0 Å². The van der Waals surface area contributed by atoms with Crippen LogP contribution in [0.15, 0.2) is 30.5 Å². The average Bonchev–Trinajstić information content (AvgIpc) is 3.49. The summed E-state index contributed by atoms with van der Waals surface area (Å²) < 4.78 is 16.0. The molecule has 1 aliphatic rings. The Kier molecular flexibility index (Phi) is 8.73. The molecule has 31 heavy (non-hydrogen) atoms. The summed E-state index contributed by atoms with van der Waals surface area (Å²) in [5.41, 5.74) is 0. The number of amides is 1. The Morgan fingerprint density at radius 2 is 2.16 bits per heavy atom. The Bertz CT molecular complexity index is 926. The fourth-order valence-electron chi connectivity index (χ4n) is 2.57. The molecule has 9 heteroatoms. The SMILES string of the molecule is COC(=O)CCCC(=O)NC/C=C/c1cnc(Oc2ccc(OCC3CC3)cc2Cl)s1. The van der Waals surface area contributed by atoms with E-state index < -0.39 is 0 Å². The molecular weight excluding hydrogens is 440 g/mol. The van der Waals surface area contributed by atoms with E-state index >= 15 is 0 Å². The molecule has 0 radical (unpaired) electrons. The van der Waals surface area contributed by atoms with Gasteiger partial charge in [0.25, 0.3) is 5.19 Å². The maximum atomic E-state index is 11.7. The van der Waals surface area contributed by atoms with Crippen molar-refractivity contribution in [3.05, 3.63) is 40.4 Å². The summed E-state index contributed by atoms with van der Waals surface area (Å²) >= 11 is 7.67. The molecule has 1 N–H and O–H groups in total. The number of thiazole rings is 1. The lowest BCUT2D eigenvalue weighted by molar-refractivity contribution is -0.140. The highest BCUT2D eigenvalue weighted by atomic mass is 35.5. The van der Waals surface area contributed by atoms with E-state index in [2.05, 4.69) is 15.0 Å². The van der Waals surface area contributed by atoms with Gasteiger partial charge in [-0.2, -0.15) is 0 Å². The van der Waals surface area contributed by atoms with Gasteiger partial charge in [0.05, 0.1) is 23.6 Å². The van der Waals surface area contributed by atoms with Crippen LogP contribution in [0.4, 0.5) is 0 Å². The zero-order chi connectivity index (χ0) is 22.1. The molecule has 1 amide bonds. The van der Waals surface area contributed by atoms with Gasteiger partial charge in [-0.1, -0.05) is 29.0 Å². The van der Waals surface area contributed by atoms with Crippen molar-refractivity contribution in [2.45, 2.75) is 32.1 Å². The van der Waals surface area contributed by atoms with E-state index in [-0.39, 0.29) is 24.7 Å². The number of ether oxygens (including phenoxy) is 3. The number of aromatic nitrogens is 1. The molecule has 0 saturated heterocycles. The molecule has 0 unspecified atom stereocenters. The van der Waals surface area contributed by atoms with E-state index in [0.717, 1.165) is 17.2 Å². The van der Waals surface area contributed by atoms with Crippen LogP contribution in [0.5, 0.6) is 16.7 Å². The third-order valence-electron chi connectivity index (χ3n) is 4.50. The third kappa shape index (κ3) is 8.22. The maximum absolute atomic E-state index is 11.7. The number of hydrogen-bond acceptors (Lipinski definition) is 7. The number of methoxy groups -OCH3 is 1. The van der Waals surface area contributed by atoms with Crippen LogP contribution in [-0.4, -0.2) is 37.1 Å². The molecule has 1 aromatic heterocycles. The summed E-state index contributed by atoms with van der Waals surface area (Å²) in [6.45, 7) is 1.12. The van der Waals surface area contributed by atoms with E-state index in [1.165, 1.54) is 31.3 Å². The number of hydrogen-bond donors (Lipinski definition) is 1. The van der Waals surface area contributed by atoms with Gasteiger partial charge < -0.3 is 19.5 Å². The van der Waals surface area contributed by atoms with Crippen LogP contribution < -0.4 is 14.8 Å². The minimum atomic E-state index is -0.310. The largest absolute Gasteiger partial charge is 0.493 e. The molecule has 1 fully saturated rings. The fourth-order valence-corrected chi connectivity index (χ4v) is 3.49. The highest BCUT2D eigenvalue weighted by Crippen LogP contribution is 2.35. The molecule has 1 aromatic carbocycles. The van der Waals surface area contributed by atoms with Crippen LogP contribution in [0.25, 0.3) is 6.08 Å². The topological polar surface area (TPSA) is 86.8 Å². The second-order valence-corrected chi connectivity index (χ2v) is 8.55. The molecule has 1 heterocycles.